The molecule has 0 aliphatic carbocycles. The monoisotopic (exact) mass is 198 g/mol. The average Bonchev–Trinajstić information content (AvgIpc) is 2.29. The summed E-state index contributed by atoms with van der Waals surface area (Å²) in [5, 5.41) is 10.0. The topological polar surface area (TPSA) is 25.8 Å². The van der Waals surface area contributed by atoms with E-state index in [9.17, 15) is 0 Å². The van der Waals surface area contributed by atoms with Crippen molar-refractivity contribution in [2.45, 2.75) is 19.8 Å². The number of hydrogen-bond donors (Lipinski definition) is 0. The quantitative estimate of drug-likeness (QED) is 0.708. The molecule has 1 aromatic heterocycles. The lowest BCUT2D eigenvalue weighted by Gasteiger charge is -2.04. The number of hydrogen-bond acceptors (Lipinski definition) is 2. The highest BCUT2D eigenvalue weighted by Gasteiger charge is 1.98. The maximum absolute atomic E-state index is 4.02. The molecule has 0 atom stereocenters. The van der Waals surface area contributed by atoms with E-state index >= 15 is 0 Å². The molecule has 15 heavy (non-hydrogen) atoms. The van der Waals surface area contributed by atoms with Gasteiger partial charge in [-0.25, -0.2) is 0 Å². The Balaban J connectivity index is 2.34. The average molecular weight is 198 g/mol. The summed E-state index contributed by atoms with van der Waals surface area (Å²) in [5.41, 5.74) is 2.55. The molecule has 2 rings (SSSR count). The molecule has 76 valence electrons. The molecule has 1 aromatic carbocycles. The zero-order chi connectivity index (χ0) is 10.7. The van der Waals surface area contributed by atoms with Crippen molar-refractivity contribution < 1.29 is 0 Å². The Morgan fingerprint density at radius 2 is 1.93 bits per heavy atom. The molecule has 0 fully saturated rings. The van der Waals surface area contributed by atoms with Crippen molar-refractivity contribution in [3.05, 3.63) is 48.3 Å². The highest BCUT2D eigenvalue weighted by atomic mass is 15.1. The molecule has 0 N–H and O–H groups in total. The Kier molecular flexibility index (Phi) is 2.77. The summed E-state index contributed by atoms with van der Waals surface area (Å²) < 4.78 is 0. The first-order valence-corrected chi connectivity index (χ1v) is 5.15. The first-order chi connectivity index (χ1) is 7.29. The third-order valence-corrected chi connectivity index (χ3v) is 2.57. The van der Waals surface area contributed by atoms with E-state index in [1.54, 1.807) is 12.4 Å². The SMILES string of the molecule is C=C(CC)Cc1ccc2cnncc2c1. The fourth-order valence-electron chi connectivity index (χ4n) is 1.57. The van der Waals surface area contributed by atoms with Gasteiger partial charge >= 0.3 is 0 Å². The maximum atomic E-state index is 4.02. The highest BCUT2D eigenvalue weighted by molar-refractivity contribution is 5.81. The molecule has 0 aliphatic heterocycles. The second-order valence-corrected chi connectivity index (χ2v) is 3.73. The smallest absolute Gasteiger partial charge is 0.0574 e. The summed E-state index contributed by atoms with van der Waals surface area (Å²) >= 11 is 0. The van der Waals surface area contributed by atoms with E-state index in [0.717, 1.165) is 23.6 Å². The van der Waals surface area contributed by atoms with Crippen molar-refractivity contribution in [3.63, 3.8) is 0 Å². The molecule has 2 heteroatoms. The Labute approximate surface area is 89.7 Å². The molecule has 0 radical (unpaired) electrons. The minimum Gasteiger partial charge on any atom is -0.158 e. The number of aromatic nitrogens is 2. The zero-order valence-corrected chi connectivity index (χ0v) is 8.90. The molecule has 0 amide bonds. The van der Waals surface area contributed by atoms with Gasteiger partial charge in [-0.2, -0.15) is 10.2 Å². The zero-order valence-electron chi connectivity index (χ0n) is 8.90. The number of fused-ring (bicyclic) bond motifs is 1. The van der Waals surface area contributed by atoms with Gasteiger partial charge in [-0.1, -0.05) is 31.2 Å². The number of rotatable bonds is 3. The van der Waals surface area contributed by atoms with Crippen molar-refractivity contribution in [3.8, 4) is 0 Å². The van der Waals surface area contributed by atoms with Gasteiger partial charge in [0.2, 0.25) is 0 Å². The number of nitrogens with zero attached hydrogens (tertiary/aromatic N) is 2. The lowest BCUT2D eigenvalue weighted by Crippen LogP contribution is -1.89. The van der Waals surface area contributed by atoms with Crippen LogP contribution in [0.2, 0.25) is 0 Å². The summed E-state index contributed by atoms with van der Waals surface area (Å²) in [6.45, 7) is 6.15. The van der Waals surface area contributed by atoms with Crippen LogP contribution in [0.15, 0.2) is 42.7 Å². The molecule has 1 heterocycles. The summed E-state index contributed by atoms with van der Waals surface area (Å²) in [7, 11) is 0. The van der Waals surface area contributed by atoms with E-state index in [1.165, 1.54) is 11.1 Å². The second kappa shape index (κ2) is 4.22. The third-order valence-electron chi connectivity index (χ3n) is 2.57. The molecule has 0 spiro atoms. The van der Waals surface area contributed by atoms with Gasteiger partial charge in [0, 0.05) is 10.8 Å². The second-order valence-electron chi connectivity index (χ2n) is 3.73. The van der Waals surface area contributed by atoms with Crippen LogP contribution in [0.4, 0.5) is 0 Å². The molecule has 0 unspecified atom stereocenters. The molecule has 0 saturated carbocycles. The minimum absolute atomic E-state index is 0.953. The molecule has 0 saturated heterocycles. The van der Waals surface area contributed by atoms with Crippen LogP contribution in [0.5, 0.6) is 0 Å². The normalized spacial score (nSPS) is 10.5. The Bertz CT molecular complexity index is 489. The van der Waals surface area contributed by atoms with Gasteiger partial charge in [0.1, 0.15) is 0 Å². The van der Waals surface area contributed by atoms with Gasteiger partial charge in [-0.05, 0) is 24.5 Å². The molecule has 0 bridgehead atoms. The van der Waals surface area contributed by atoms with Gasteiger partial charge in [0.15, 0.2) is 0 Å². The van der Waals surface area contributed by atoms with E-state index in [1.807, 2.05) is 0 Å². The summed E-state index contributed by atoms with van der Waals surface area (Å²) in [4.78, 5) is 0. The van der Waals surface area contributed by atoms with Gasteiger partial charge in [0.25, 0.3) is 0 Å². The Hall–Kier alpha value is -1.70. The number of benzene rings is 1. The Morgan fingerprint density at radius 3 is 2.67 bits per heavy atom. The van der Waals surface area contributed by atoms with Crippen LogP contribution in [0.3, 0.4) is 0 Å². The molecular formula is C13H14N2. The van der Waals surface area contributed by atoms with E-state index in [2.05, 4.69) is 41.9 Å². The van der Waals surface area contributed by atoms with E-state index in [0.29, 0.717) is 0 Å². The van der Waals surface area contributed by atoms with E-state index < -0.39 is 0 Å². The van der Waals surface area contributed by atoms with Crippen LogP contribution in [0, 0.1) is 0 Å². The van der Waals surface area contributed by atoms with Crippen molar-refractivity contribution >= 4 is 10.8 Å². The van der Waals surface area contributed by atoms with E-state index in [4.69, 9.17) is 0 Å². The van der Waals surface area contributed by atoms with Gasteiger partial charge < -0.3 is 0 Å². The van der Waals surface area contributed by atoms with Crippen LogP contribution >= 0.6 is 0 Å². The summed E-state index contributed by atoms with van der Waals surface area (Å²) in [6.07, 6.45) is 5.57. The van der Waals surface area contributed by atoms with Gasteiger partial charge in [-0.3, -0.25) is 0 Å². The third kappa shape index (κ3) is 2.21. The molecule has 2 nitrogen and oxygen atoms in total. The molecule has 0 aliphatic rings. The number of allylic oxidation sites excluding steroid dienone is 1. The molecule has 2 aromatic rings. The predicted molar refractivity (Wildman–Crippen MR) is 62.7 cm³/mol. The fourth-order valence-corrected chi connectivity index (χ4v) is 1.57. The van der Waals surface area contributed by atoms with Crippen LogP contribution < -0.4 is 0 Å². The first-order valence-electron chi connectivity index (χ1n) is 5.15. The van der Waals surface area contributed by atoms with E-state index in [-0.39, 0.29) is 0 Å². The standard InChI is InChI=1S/C13H14N2/c1-3-10(2)6-11-4-5-12-8-14-15-9-13(12)7-11/h4-5,7-9H,2-3,6H2,1H3. The van der Waals surface area contributed by atoms with Crippen molar-refractivity contribution in [1.82, 2.24) is 10.2 Å². The largest absolute Gasteiger partial charge is 0.158 e. The predicted octanol–water partition coefficient (Wildman–Crippen LogP) is 3.14. The fraction of sp³-hybridized carbons (Fsp3) is 0.231. The van der Waals surface area contributed by atoms with Crippen LogP contribution in [-0.4, -0.2) is 10.2 Å². The first kappa shape index (κ1) is 9.84. The van der Waals surface area contributed by atoms with Crippen LogP contribution in [0.1, 0.15) is 18.9 Å². The van der Waals surface area contributed by atoms with Crippen molar-refractivity contribution in [2.75, 3.05) is 0 Å². The summed E-state index contributed by atoms with van der Waals surface area (Å²) in [6, 6.07) is 6.37. The Morgan fingerprint density at radius 1 is 1.20 bits per heavy atom. The minimum atomic E-state index is 0.953. The summed E-state index contributed by atoms with van der Waals surface area (Å²) in [5.74, 6) is 0. The highest BCUT2D eigenvalue weighted by Crippen LogP contribution is 2.16. The molecular weight excluding hydrogens is 184 g/mol. The van der Waals surface area contributed by atoms with Crippen LogP contribution in [-0.2, 0) is 6.42 Å². The van der Waals surface area contributed by atoms with Crippen LogP contribution in [0.25, 0.3) is 10.8 Å². The maximum Gasteiger partial charge on any atom is 0.0574 e. The lowest BCUT2D eigenvalue weighted by atomic mass is 10.0. The lowest BCUT2D eigenvalue weighted by molar-refractivity contribution is 1.01. The van der Waals surface area contributed by atoms with Crippen molar-refractivity contribution in [1.29, 1.82) is 0 Å². The van der Waals surface area contributed by atoms with Gasteiger partial charge in [-0.15, -0.1) is 0 Å². The van der Waals surface area contributed by atoms with Gasteiger partial charge in [0.05, 0.1) is 12.4 Å². The van der Waals surface area contributed by atoms with Crippen molar-refractivity contribution in [2.24, 2.45) is 0 Å².